The molecular formula is C17H35IN4O2S. The molecule has 1 saturated heterocycles. The summed E-state index contributed by atoms with van der Waals surface area (Å²) in [5, 5.41) is 6.15. The van der Waals surface area contributed by atoms with Crippen LogP contribution in [0.25, 0.3) is 0 Å². The first-order valence-electron chi connectivity index (χ1n) is 8.77. The van der Waals surface area contributed by atoms with Gasteiger partial charge in [0.1, 0.15) is 5.60 Å². The van der Waals surface area contributed by atoms with Gasteiger partial charge in [0, 0.05) is 43.2 Å². The molecule has 0 aromatic heterocycles. The van der Waals surface area contributed by atoms with E-state index in [9.17, 15) is 4.79 Å². The third-order valence-electron chi connectivity index (χ3n) is 3.32. The number of carbonyl (C=O) groups is 1. The van der Waals surface area contributed by atoms with Crippen molar-refractivity contribution in [3.8, 4) is 0 Å². The summed E-state index contributed by atoms with van der Waals surface area (Å²) in [5.41, 5.74) is -0.459. The number of nitrogens with one attached hydrogen (secondary N) is 2. The molecule has 1 aliphatic rings. The predicted molar refractivity (Wildman–Crippen MR) is 118 cm³/mol. The van der Waals surface area contributed by atoms with E-state index in [1.807, 2.05) is 32.5 Å². The maximum atomic E-state index is 11.6. The Morgan fingerprint density at radius 3 is 2.56 bits per heavy atom. The number of amides is 1. The molecule has 148 valence electrons. The van der Waals surface area contributed by atoms with Gasteiger partial charge in [-0.2, -0.15) is 11.8 Å². The molecule has 8 heteroatoms. The van der Waals surface area contributed by atoms with E-state index in [0.717, 1.165) is 37.8 Å². The zero-order valence-electron chi connectivity index (χ0n) is 16.5. The summed E-state index contributed by atoms with van der Waals surface area (Å²) in [6.07, 6.45) is 0.424. The third-order valence-corrected chi connectivity index (χ3v) is 4.62. The first-order chi connectivity index (χ1) is 11.1. The van der Waals surface area contributed by atoms with Crippen molar-refractivity contribution in [2.24, 2.45) is 4.99 Å². The fourth-order valence-electron chi connectivity index (χ4n) is 2.39. The van der Waals surface area contributed by atoms with Crippen LogP contribution in [0.4, 0.5) is 4.79 Å². The largest absolute Gasteiger partial charge is 0.444 e. The van der Waals surface area contributed by atoms with Crippen molar-refractivity contribution in [1.29, 1.82) is 0 Å². The number of nitrogens with zero attached hydrogens (tertiary/aromatic N) is 2. The van der Waals surface area contributed by atoms with Crippen LogP contribution in [0.2, 0.25) is 0 Å². The summed E-state index contributed by atoms with van der Waals surface area (Å²) < 4.78 is 5.47. The van der Waals surface area contributed by atoms with Crippen molar-refractivity contribution in [2.75, 3.05) is 38.5 Å². The SMILES string of the molecule is CCNC(=NCCCNC(=O)OC(C)(C)C)N1CCSC(C)(C)C1.I. The van der Waals surface area contributed by atoms with Crippen molar-refractivity contribution in [3.63, 3.8) is 0 Å². The lowest BCUT2D eigenvalue weighted by Crippen LogP contribution is -2.51. The molecule has 0 spiro atoms. The number of halogens is 1. The number of carbonyl (C=O) groups excluding carboxylic acids is 1. The van der Waals surface area contributed by atoms with Crippen molar-refractivity contribution < 1.29 is 9.53 Å². The Morgan fingerprint density at radius 1 is 1.32 bits per heavy atom. The second kappa shape index (κ2) is 11.4. The van der Waals surface area contributed by atoms with Gasteiger partial charge in [-0.3, -0.25) is 4.99 Å². The lowest BCUT2D eigenvalue weighted by atomic mass is 10.2. The van der Waals surface area contributed by atoms with Crippen LogP contribution in [-0.4, -0.2) is 65.8 Å². The van der Waals surface area contributed by atoms with Crippen molar-refractivity contribution in [3.05, 3.63) is 0 Å². The van der Waals surface area contributed by atoms with Gasteiger partial charge in [-0.05, 0) is 48.0 Å². The van der Waals surface area contributed by atoms with Crippen LogP contribution in [0.3, 0.4) is 0 Å². The molecule has 0 aromatic rings. The highest BCUT2D eigenvalue weighted by Crippen LogP contribution is 2.29. The van der Waals surface area contributed by atoms with E-state index in [2.05, 4.69) is 36.3 Å². The number of hydrogen-bond donors (Lipinski definition) is 2. The molecule has 0 unspecified atom stereocenters. The summed E-state index contributed by atoms with van der Waals surface area (Å²) in [6.45, 7) is 16.4. The quantitative estimate of drug-likeness (QED) is 0.270. The van der Waals surface area contributed by atoms with Gasteiger partial charge in [0.15, 0.2) is 5.96 Å². The van der Waals surface area contributed by atoms with Gasteiger partial charge in [-0.1, -0.05) is 0 Å². The molecule has 2 N–H and O–H groups in total. The van der Waals surface area contributed by atoms with Crippen LogP contribution in [0, 0.1) is 0 Å². The normalized spacial score (nSPS) is 17.5. The van der Waals surface area contributed by atoms with Gasteiger partial charge in [0.25, 0.3) is 0 Å². The lowest BCUT2D eigenvalue weighted by molar-refractivity contribution is 0.0527. The molecule has 0 aromatic carbocycles. The highest BCUT2D eigenvalue weighted by molar-refractivity contribution is 14.0. The lowest BCUT2D eigenvalue weighted by Gasteiger charge is -2.39. The molecule has 0 saturated carbocycles. The minimum atomic E-state index is -0.459. The number of alkyl carbamates (subject to hydrolysis) is 1. The molecule has 1 fully saturated rings. The van der Waals surface area contributed by atoms with Crippen molar-refractivity contribution in [2.45, 2.75) is 58.3 Å². The fraction of sp³-hybridized carbons (Fsp3) is 0.882. The zero-order chi connectivity index (χ0) is 18.2. The van der Waals surface area contributed by atoms with Gasteiger partial charge >= 0.3 is 6.09 Å². The molecule has 1 aliphatic heterocycles. The molecule has 1 heterocycles. The van der Waals surface area contributed by atoms with E-state index in [4.69, 9.17) is 9.73 Å². The van der Waals surface area contributed by atoms with Gasteiger partial charge in [-0.15, -0.1) is 24.0 Å². The van der Waals surface area contributed by atoms with Crippen LogP contribution in [0.15, 0.2) is 4.99 Å². The van der Waals surface area contributed by atoms with E-state index in [1.165, 1.54) is 0 Å². The molecule has 1 rings (SSSR count). The second-order valence-electron chi connectivity index (χ2n) is 7.55. The van der Waals surface area contributed by atoms with Crippen molar-refractivity contribution >= 4 is 47.8 Å². The van der Waals surface area contributed by atoms with Crippen LogP contribution < -0.4 is 10.6 Å². The molecule has 0 aliphatic carbocycles. The fourth-order valence-corrected chi connectivity index (χ4v) is 3.50. The van der Waals surface area contributed by atoms with E-state index in [0.29, 0.717) is 13.1 Å². The zero-order valence-corrected chi connectivity index (χ0v) is 19.6. The van der Waals surface area contributed by atoms with Gasteiger partial charge < -0.3 is 20.3 Å². The van der Waals surface area contributed by atoms with E-state index in [1.54, 1.807) is 0 Å². The van der Waals surface area contributed by atoms with E-state index in [-0.39, 0.29) is 34.8 Å². The first-order valence-corrected chi connectivity index (χ1v) is 9.75. The Balaban J connectivity index is 0.00000576. The molecule has 25 heavy (non-hydrogen) atoms. The molecule has 0 radical (unpaired) electrons. The number of hydrogen-bond acceptors (Lipinski definition) is 4. The number of thioether (sulfide) groups is 1. The van der Waals surface area contributed by atoms with Crippen LogP contribution in [-0.2, 0) is 4.74 Å². The Bertz CT molecular complexity index is 439. The summed E-state index contributed by atoms with van der Waals surface area (Å²) >= 11 is 2.01. The Kier molecular flexibility index (Phi) is 11.2. The van der Waals surface area contributed by atoms with E-state index < -0.39 is 5.60 Å². The molecule has 6 nitrogen and oxygen atoms in total. The average molecular weight is 486 g/mol. The first kappa shape index (κ1) is 24.6. The number of ether oxygens (including phenoxy) is 1. The van der Waals surface area contributed by atoms with Gasteiger partial charge in [-0.25, -0.2) is 4.79 Å². The number of guanidine groups is 1. The summed E-state index contributed by atoms with van der Waals surface area (Å²) in [5.74, 6) is 2.10. The molecule has 0 bridgehead atoms. The Labute approximate surface area is 174 Å². The molecular weight excluding hydrogens is 451 g/mol. The van der Waals surface area contributed by atoms with Gasteiger partial charge in [0.05, 0.1) is 0 Å². The third kappa shape index (κ3) is 11.0. The monoisotopic (exact) mass is 486 g/mol. The topological polar surface area (TPSA) is 66.0 Å². The summed E-state index contributed by atoms with van der Waals surface area (Å²) in [6, 6.07) is 0. The standard InChI is InChI=1S/C17H34N4O2S.HI/c1-7-18-14(21-11-12-24-17(5,6)13-21)19-9-8-10-20-15(22)23-16(2,3)4;/h7-13H2,1-6H3,(H,18,19)(H,20,22);1H. The maximum Gasteiger partial charge on any atom is 0.407 e. The van der Waals surface area contributed by atoms with Crippen LogP contribution in [0.5, 0.6) is 0 Å². The maximum absolute atomic E-state index is 11.6. The highest BCUT2D eigenvalue weighted by Gasteiger charge is 2.28. The Hall–Kier alpha value is -0.380. The van der Waals surface area contributed by atoms with Crippen LogP contribution >= 0.6 is 35.7 Å². The molecule has 1 amide bonds. The minimum Gasteiger partial charge on any atom is -0.444 e. The number of rotatable bonds is 5. The number of aliphatic imine (C=N–C) groups is 1. The van der Waals surface area contributed by atoms with Crippen molar-refractivity contribution in [1.82, 2.24) is 15.5 Å². The predicted octanol–water partition coefficient (Wildman–Crippen LogP) is 3.31. The smallest absolute Gasteiger partial charge is 0.407 e. The average Bonchev–Trinajstić information content (AvgIpc) is 2.42. The molecule has 0 atom stereocenters. The Morgan fingerprint density at radius 2 is 2.00 bits per heavy atom. The van der Waals surface area contributed by atoms with Crippen LogP contribution in [0.1, 0.15) is 48.0 Å². The second-order valence-corrected chi connectivity index (χ2v) is 9.35. The summed E-state index contributed by atoms with van der Waals surface area (Å²) in [7, 11) is 0. The minimum absolute atomic E-state index is 0. The van der Waals surface area contributed by atoms with Gasteiger partial charge in [0.2, 0.25) is 0 Å². The summed E-state index contributed by atoms with van der Waals surface area (Å²) in [4.78, 5) is 18.6. The van der Waals surface area contributed by atoms with E-state index >= 15 is 0 Å². The highest BCUT2D eigenvalue weighted by atomic mass is 127.